The predicted molar refractivity (Wildman–Crippen MR) is 102 cm³/mol. The van der Waals surface area contributed by atoms with Crippen LogP contribution in [0.2, 0.25) is 0 Å². The number of phenolic OH excluding ortho intramolecular Hbond substituents is 2. The zero-order valence-electron chi connectivity index (χ0n) is 14.6. The molecule has 0 aliphatic carbocycles. The lowest BCUT2D eigenvalue weighted by atomic mass is 9.92. The highest BCUT2D eigenvalue weighted by molar-refractivity contribution is 5.75. The van der Waals surface area contributed by atoms with E-state index in [9.17, 15) is 10.2 Å². The van der Waals surface area contributed by atoms with Crippen molar-refractivity contribution in [2.75, 3.05) is 0 Å². The molecule has 0 aliphatic rings. The molecular formula is C22H26O2. The van der Waals surface area contributed by atoms with E-state index in [1.165, 1.54) is 5.56 Å². The summed E-state index contributed by atoms with van der Waals surface area (Å²) in [6.07, 6.45) is 6.44. The van der Waals surface area contributed by atoms with E-state index in [0.29, 0.717) is 24.3 Å². The normalized spacial score (nSPS) is 10.6. The third kappa shape index (κ3) is 3.53. The first-order valence-electron chi connectivity index (χ1n) is 8.47. The van der Waals surface area contributed by atoms with Gasteiger partial charge in [-0.2, -0.15) is 0 Å². The molecule has 0 unspecified atom stereocenters. The second-order valence-corrected chi connectivity index (χ2v) is 5.99. The van der Waals surface area contributed by atoms with Crippen molar-refractivity contribution < 1.29 is 10.2 Å². The van der Waals surface area contributed by atoms with Crippen LogP contribution in [0.15, 0.2) is 49.6 Å². The second kappa shape index (κ2) is 7.87. The van der Waals surface area contributed by atoms with Crippen LogP contribution in [0.5, 0.6) is 11.5 Å². The summed E-state index contributed by atoms with van der Waals surface area (Å²) in [5.74, 6) is 0.628. The summed E-state index contributed by atoms with van der Waals surface area (Å²) in [5, 5.41) is 21.1. The minimum atomic E-state index is 0.296. The number of hydrogen-bond donors (Lipinski definition) is 2. The van der Waals surface area contributed by atoms with E-state index in [4.69, 9.17) is 0 Å². The number of benzene rings is 2. The van der Waals surface area contributed by atoms with Gasteiger partial charge in [0.25, 0.3) is 0 Å². The first kappa shape index (κ1) is 17.9. The Bertz CT molecular complexity index is 757. The molecule has 2 aromatic carbocycles. The Hall–Kier alpha value is -2.48. The van der Waals surface area contributed by atoms with Gasteiger partial charge in [-0.25, -0.2) is 0 Å². The van der Waals surface area contributed by atoms with Gasteiger partial charge in [0, 0.05) is 5.56 Å². The average molecular weight is 322 g/mol. The topological polar surface area (TPSA) is 40.5 Å². The van der Waals surface area contributed by atoms with Crippen LogP contribution in [0.3, 0.4) is 0 Å². The molecule has 0 heterocycles. The van der Waals surface area contributed by atoms with Gasteiger partial charge in [-0.15, -0.1) is 13.2 Å². The molecule has 0 aliphatic heterocycles. The Kier molecular flexibility index (Phi) is 5.86. The Balaban J connectivity index is 2.70. The summed E-state index contributed by atoms with van der Waals surface area (Å²) < 4.78 is 0. The molecule has 0 amide bonds. The predicted octanol–water partition coefficient (Wildman–Crippen LogP) is 5.35. The van der Waals surface area contributed by atoms with E-state index in [1.807, 2.05) is 31.2 Å². The van der Waals surface area contributed by atoms with Crippen LogP contribution in [-0.2, 0) is 25.7 Å². The first-order chi connectivity index (χ1) is 11.5. The minimum absolute atomic E-state index is 0.296. The number of rotatable bonds is 7. The molecule has 2 nitrogen and oxygen atoms in total. The fourth-order valence-corrected chi connectivity index (χ4v) is 2.99. The molecule has 2 aromatic rings. The van der Waals surface area contributed by atoms with Crippen LogP contribution < -0.4 is 0 Å². The molecule has 126 valence electrons. The molecule has 0 fully saturated rings. The van der Waals surface area contributed by atoms with Crippen molar-refractivity contribution in [2.45, 2.75) is 39.5 Å². The maximum absolute atomic E-state index is 10.7. The summed E-state index contributed by atoms with van der Waals surface area (Å²) in [7, 11) is 0. The summed E-state index contributed by atoms with van der Waals surface area (Å²) in [6, 6.07) is 7.98. The lowest BCUT2D eigenvalue weighted by molar-refractivity contribution is 0.463. The molecule has 0 aromatic heterocycles. The fourth-order valence-electron chi connectivity index (χ4n) is 2.99. The van der Waals surface area contributed by atoms with Crippen LogP contribution in [0.4, 0.5) is 0 Å². The third-order valence-corrected chi connectivity index (χ3v) is 4.35. The Labute approximate surface area is 144 Å². The van der Waals surface area contributed by atoms with Crippen molar-refractivity contribution in [1.29, 1.82) is 0 Å². The Morgan fingerprint density at radius 1 is 0.792 bits per heavy atom. The van der Waals surface area contributed by atoms with Gasteiger partial charge in [-0.05, 0) is 71.7 Å². The Morgan fingerprint density at radius 3 is 1.92 bits per heavy atom. The zero-order valence-corrected chi connectivity index (χ0v) is 14.6. The van der Waals surface area contributed by atoms with Crippen molar-refractivity contribution in [3.05, 3.63) is 71.8 Å². The van der Waals surface area contributed by atoms with Crippen molar-refractivity contribution in [3.8, 4) is 22.6 Å². The number of phenols is 2. The summed E-state index contributed by atoms with van der Waals surface area (Å²) >= 11 is 0. The molecule has 2 N–H and O–H groups in total. The molecule has 0 saturated carbocycles. The highest BCUT2D eigenvalue weighted by atomic mass is 16.3. The zero-order chi connectivity index (χ0) is 17.7. The van der Waals surface area contributed by atoms with E-state index in [2.05, 4.69) is 20.1 Å². The smallest absolute Gasteiger partial charge is 0.126 e. The van der Waals surface area contributed by atoms with Gasteiger partial charge < -0.3 is 10.2 Å². The van der Waals surface area contributed by atoms with Crippen molar-refractivity contribution in [3.63, 3.8) is 0 Å². The van der Waals surface area contributed by atoms with E-state index >= 15 is 0 Å². The van der Waals surface area contributed by atoms with Gasteiger partial charge in [0.05, 0.1) is 0 Å². The highest BCUT2D eigenvalue weighted by Crippen LogP contribution is 2.38. The van der Waals surface area contributed by atoms with Gasteiger partial charge in [0.1, 0.15) is 11.5 Å². The standard InChI is InChI=1S/C22H26O2/c1-5-9-17-11-15(7-3)12-20(22(17)24)19-13-16(8-4)21(23)18(14-19)10-6-2/h5-6,11-14,23-24H,1-2,7-10H2,3-4H3. The monoisotopic (exact) mass is 322 g/mol. The molecule has 0 saturated heterocycles. The van der Waals surface area contributed by atoms with E-state index < -0.39 is 0 Å². The van der Waals surface area contributed by atoms with Crippen molar-refractivity contribution in [2.24, 2.45) is 0 Å². The van der Waals surface area contributed by atoms with Crippen molar-refractivity contribution >= 4 is 0 Å². The van der Waals surface area contributed by atoms with Crippen LogP contribution >= 0.6 is 0 Å². The molecule has 2 heteroatoms. The largest absolute Gasteiger partial charge is 0.507 e. The van der Waals surface area contributed by atoms with Gasteiger partial charge in [-0.1, -0.05) is 32.1 Å². The lowest BCUT2D eigenvalue weighted by Gasteiger charge is -2.15. The maximum Gasteiger partial charge on any atom is 0.126 e. The molecule has 0 bridgehead atoms. The summed E-state index contributed by atoms with van der Waals surface area (Å²) in [6.45, 7) is 11.7. The van der Waals surface area contributed by atoms with Gasteiger partial charge in [0.2, 0.25) is 0 Å². The summed E-state index contributed by atoms with van der Waals surface area (Å²) in [5.41, 5.74) is 5.53. The quantitative estimate of drug-likeness (QED) is 0.675. The number of aromatic hydroxyl groups is 2. The van der Waals surface area contributed by atoms with Gasteiger partial charge in [0.15, 0.2) is 0 Å². The molecule has 0 radical (unpaired) electrons. The van der Waals surface area contributed by atoms with Gasteiger partial charge >= 0.3 is 0 Å². The minimum Gasteiger partial charge on any atom is -0.507 e. The third-order valence-electron chi connectivity index (χ3n) is 4.35. The maximum atomic E-state index is 10.7. The number of allylic oxidation sites excluding steroid dienone is 2. The van der Waals surface area contributed by atoms with Crippen LogP contribution in [0.25, 0.3) is 11.1 Å². The fraction of sp³-hybridized carbons (Fsp3) is 0.273. The number of hydrogen-bond acceptors (Lipinski definition) is 2. The van der Waals surface area contributed by atoms with E-state index in [0.717, 1.165) is 40.7 Å². The highest BCUT2D eigenvalue weighted by Gasteiger charge is 2.15. The Morgan fingerprint density at radius 2 is 1.38 bits per heavy atom. The van der Waals surface area contributed by atoms with Gasteiger partial charge in [-0.3, -0.25) is 0 Å². The van der Waals surface area contributed by atoms with Crippen LogP contribution in [0, 0.1) is 0 Å². The molecule has 24 heavy (non-hydrogen) atoms. The van der Waals surface area contributed by atoms with Crippen LogP contribution in [-0.4, -0.2) is 10.2 Å². The van der Waals surface area contributed by atoms with Crippen LogP contribution in [0.1, 0.15) is 36.1 Å². The molecule has 2 rings (SSSR count). The lowest BCUT2D eigenvalue weighted by Crippen LogP contribution is -1.95. The number of aryl methyl sites for hydroxylation is 2. The average Bonchev–Trinajstić information content (AvgIpc) is 2.59. The summed E-state index contributed by atoms with van der Waals surface area (Å²) in [4.78, 5) is 0. The van der Waals surface area contributed by atoms with E-state index in [1.54, 1.807) is 12.2 Å². The molecular weight excluding hydrogens is 296 g/mol. The molecule has 0 spiro atoms. The SMILES string of the molecule is C=CCc1cc(-c2cc(CC)cc(CC=C)c2O)cc(CC)c1O. The first-order valence-corrected chi connectivity index (χ1v) is 8.47. The van der Waals surface area contributed by atoms with E-state index in [-0.39, 0.29) is 0 Å². The van der Waals surface area contributed by atoms with Crippen molar-refractivity contribution in [1.82, 2.24) is 0 Å². The molecule has 0 atom stereocenters. The second-order valence-electron chi connectivity index (χ2n) is 5.99.